The third-order valence-electron chi connectivity index (χ3n) is 2.27. The van der Waals surface area contributed by atoms with Gasteiger partial charge < -0.3 is 10.2 Å². The molecule has 0 unspecified atom stereocenters. The number of nitrogens with zero attached hydrogens (tertiary/aromatic N) is 1. The molecule has 90 valence electrons. The van der Waals surface area contributed by atoms with Crippen LogP contribution in [-0.4, -0.2) is 32.1 Å². The molecule has 16 heavy (non-hydrogen) atoms. The van der Waals surface area contributed by atoms with Crippen LogP contribution in [0.3, 0.4) is 0 Å². The van der Waals surface area contributed by atoms with Crippen LogP contribution in [0.15, 0.2) is 22.7 Å². The van der Waals surface area contributed by atoms with Crippen molar-refractivity contribution in [1.82, 2.24) is 10.2 Å². The molecule has 0 spiro atoms. The molecule has 0 amide bonds. The third-order valence-corrected chi connectivity index (χ3v) is 2.92. The summed E-state index contributed by atoms with van der Waals surface area (Å²) in [7, 11) is 4.12. The van der Waals surface area contributed by atoms with Gasteiger partial charge >= 0.3 is 0 Å². The van der Waals surface area contributed by atoms with Crippen molar-refractivity contribution in [2.75, 3.05) is 27.2 Å². The van der Waals surface area contributed by atoms with Crippen molar-refractivity contribution in [3.8, 4) is 0 Å². The maximum absolute atomic E-state index is 13.2. The monoisotopic (exact) mass is 288 g/mol. The fraction of sp³-hybridized carbons (Fsp3) is 0.500. The van der Waals surface area contributed by atoms with E-state index in [1.54, 1.807) is 12.1 Å². The molecule has 1 aromatic rings. The lowest BCUT2D eigenvalue weighted by Gasteiger charge is -2.10. The van der Waals surface area contributed by atoms with Crippen molar-refractivity contribution in [3.63, 3.8) is 0 Å². The molecule has 1 aromatic carbocycles. The van der Waals surface area contributed by atoms with Crippen LogP contribution in [0, 0.1) is 5.82 Å². The molecule has 0 atom stereocenters. The Morgan fingerprint density at radius 2 is 2.12 bits per heavy atom. The molecule has 0 saturated heterocycles. The summed E-state index contributed by atoms with van der Waals surface area (Å²) in [5.41, 5.74) is 0.977. The van der Waals surface area contributed by atoms with Gasteiger partial charge in [-0.15, -0.1) is 0 Å². The van der Waals surface area contributed by atoms with Crippen molar-refractivity contribution in [2.24, 2.45) is 0 Å². The Balaban J connectivity index is 2.24. The van der Waals surface area contributed by atoms with Gasteiger partial charge in [0.25, 0.3) is 0 Å². The van der Waals surface area contributed by atoms with Crippen molar-refractivity contribution >= 4 is 15.9 Å². The van der Waals surface area contributed by atoms with Gasteiger partial charge in [0.15, 0.2) is 0 Å². The highest BCUT2D eigenvalue weighted by Gasteiger charge is 2.00. The first-order chi connectivity index (χ1) is 7.59. The lowest BCUT2D eigenvalue weighted by atomic mass is 10.2. The number of benzene rings is 1. The Hall–Kier alpha value is -0.450. The smallest absolute Gasteiger partial charge is 0.137 e. The van der Waals surface area contributed by atoms with Gasteiger partial charge in [0.2, 0.25) is 0 Å². The molecule has 4 heteroatoms. The predicted octanol–water partition coefficient (Wildman–Crippen LogP) is 2.63. The van der Waals surface area contributed by atoms with Crippen molar-refractivity contribution in [3.05, 3.63) is 34.1 Å². The molecular weight excluding hydrogens is 271 g/mol. The van der Waals surface area contributed by atoms with E-state index in [2.05, 4.69) is 40.2 Å². The van der Waals surface area contributed by atoms with Gasteiger partial charge in [-0.2, -0.15) is 0 Å². The van der Waals surface area contributed by atoms with E-state index in [0.717, 1.165) is 31.6 Å². The van der Waals surface area contributed by atoms with Crippen LogP contribution in [0.1, 0.15) is 12.0 Å². The van der Waals surface area contributed by atoms with Crippen LogP contribution >= 0.6 is 15.9 Å². The van der Waals surface area contributed by atoms with E-state index in [0.29, 0.717) is 4.47 Å². The lowest BCUT2D eigenvalue weighted by Crippen LogP contribution is -2.21. The van der Waals surface area contributed by atoms with Crippen molar-refractivity contribution in [1.29, 1.82) is 0 Å². The number of nitrogens with one attached hydrogen (secondary N) is 1. The van der Waals surface area contributed by atoms with Crippen LogP contribution in [0.25, 0.3) is 0 Å². The molecule has 0 heterocycles. The first-order valence-corrected chi connectivity index (χ1v) is 6.18. The van der Waals surface area contributed by atoms with E-state index in [9.17, 15) is 4.39 Å². The summed E-state index contributed by atoms with van der Waals surface area (Å²) in [6.45, 7) is 2.75. The van der Waals surface area contributed by atoms with Gasteiger partial charge in [-0.05, 0) is 67.2 Å². The normalized spacial score (nSPS) is 11.1. The van der Waals surface area contributed by atoms with Crippen LogP contribution in [0.5, 0.6) is 0 Å². The van der Waals surface area contributed by atoms with E-state index >= 15 is 0 Å². The van der Waals surface area contributed by atoms with Gasteiger partial charge in [0.1, 0.15) is 5.82 Å². The zero-order valence-electron chi connectivity index (χ0n) is 9.76. The van der Waals surface area contributed by atoms with Crippen LogP contribution in [0.2, 0.25) is 0 Å². The van der Waals surface area contributed by atoms with E-state index in [4.69, 9.17) is 0 Å². The second-order valence-electron chi connectivity index (χ2n) is 4.08. The average Bonchev–Trinajstić information content (AvgIpc) is 2.22. The summed E-state index contributed by atoms with van der Waals surface area (Å²) in [5, 5.41) is 3.30. The van der Waals surface area contributed by atoms with E-state index in [1.165, 1.54) is 0 Å². The summed E-state index contributed by atoms with van der Waals surface area (Å²) in [5.74, 6) is -0.201. The molecule has 0 bridgehead atoms. The van der Waals surface area contributed by atoms with Crippen LogP contribution < -0.4 is 5.32 Å². The fourth-order valence-electron chi connectivity index (χ4n) is 1.40. The summed E-state index contributed by atoms with van der Waals surface area (Å²) >= 11 is 3.14. The first kappa shape index (κ1) is 13.6. The Bertz CT molecular complexity index is 329. The molecule has 0 aliphatic carbocycles. The number of rotatable bonds is 6. The quantitative estimate of drug-likeness (QED) is 0.810. The minimum atomic E-state index is -0.201. The number of hydrogen-bond acceptors (Lipinski definition) is 2. The largest absolute Gasteiger partial charge is 0.313 e. The molecule has 1 rings (SSSR count). The van der Waals surface area contributed by atoms with Gasteiger partial charge in [-0.1, -0.05) is 6.07 Å². The lowest BCUT2D eigenvalue weighted by molar-refractivity contribution is 0.394. The first-order valence-electron chi connectivity index (χ1n) is 5.39. The minimum Gasteiger partial charge on any atom is -0.313 e. The average molecular weight is 289 g/mol. The predicted molar refractivity (Wildman–Crippen MR) is 69.0 cm³/mol. The second kappa shape index (κ2) is 6.99. The van der Waals surface area contributed by atoms with E-state index < -0.39 is 0 Å². The molecular formula is C12H18BrFN2. The van der Waals surface area contributed by atoms with E-state index in [-0.39, 0.29) is 5.82 Å². The fourth-order valence-corrected chi connectivity index (χ4v) is 1.65. The van der Waals surface area contributed by atoms with Gasteiger partial charge in [0, 0.05) is 6.54 Å². The molecule has 1 N–H and O–H groups in total. The second-order valence-corrected chi connectivity index (χ2v) is 4.94. The van der Waals surface area contributed by atoms with Crippen LogP contribution in [0.4, 0.5) is 4.39 Å². The summed E-state index contributed by atoms with van der Waals surface area (Å²) < 4.78 is 13.7. The maximum atomic E-state index is 13.2. The summed E-state index contributed by atoms with van der Waals surface area (Å²) in [6.07, 6.45) is 1.10. The molecule has 2 nitrogen and oxygen atoms in total. The summed E-state index contributed by atoms with van der Waals surface area (Å²) in [4.78, 5) is 2.15. The van der Waals surface area contributed by atoms with Gasteiger partial charge in [-0.25, -0.2) is 4.39 Å². The molecule has 0 aromatic heterocycles. The zero-order valence-corrected chi connectivity index (χ0v) is 11.3. The third kappa shape index (κ3) is 5.05. The topological polar surface area (TPSA) is 15.3 Å². The number of hydrogen-bond donors (Lipinski definition) is 1. The van der Waals surface area contributed by atoms with Crippen molar-refractivity contribution in [2.45, 2.75) is 13.0 Å². The standard InChI is InChI=1S/C12H18BrFN2/c1-16(2)7-3-6-15-9-10-4-5-11(13)12(14)8-10/h4-5,8,15H,3,6-7,9H2,1-2H3. The number of halogens is 2. The van der Waals surface area contributed by atoms with E-state index in [1.807, 2.05) is 6.07 Å². The Morgan fingerprint density at radius 1 is 1.38 bits per heavy atom. The Labute approximate surface area is 105 Å². The summed E-state index contributed by atoms with van der Waals surface area (Å²) in [6, 6.07) is 5.22. The zero-order chi connectivity index (χ0) is 12.0. The molecule has 0 fully saturated rings. The van der Waals surface area contributed by atoms with Gasteiger partial charge in [0.05, 0.1) is 4.47 Å². The van der Waals surface area contributed by atoms with Crippen molar-refractivity contribution < 1.29 is 4.39 Å². The molecule has 0 saturated carbocycles. The van der Waals surface area contributed by atoms with Gasteiger partial charge in [-0.3, -0.25) is 0 Å². The van der Waals surface area contributed by atoms with Crippen LogP contribution in [-0.2, 0) is 6.54 Å². The Kier molecular flexibility index (Phi) is 5.95. The highest BCUT2D eigenvalue weighted by atomic mass is 79.9. The highest BCUT2D eigenvalue weighted by Crippen LogP contribution is 2.16. The SMILES string of the molecule is CN(C)CCCNCc1ccc(Br)c(F)c1. The Morgan fingerprint density at radius 3 is 2.75 bits per heavy atom. The molecule has 0 radical (unpaired) electrons. The maximum Gasteiger partial charge on any atom is 0.137 e. The highest BCUT2D eigenvalue weighted by molar-refractivity contribution is 9.10. The minimum absolute atomic E-state index is 0.201. The molecule has 0 aliphatic rings. The molecule has 0 aliphatic heterocycles.